The summed E-state index contributed by atoms with van der Waals surface area (Å²) in [5.74, 6) is -1.14. The summed E-state index contributed by atoms with van der Waals surface area (Å²) in [7, 11) is 0. The van der Waals surface area contributed by atoms with Crippen molar-refractivity contribution in [1.82, 2.24) is 9.55 Å². The summed E-state index contributed by atoms with van der Waals surface area (Å²) in [6.45, 7) is 0.314. The van der Waals surface area contributed by atoms with Gasteiger partial charge in [-0.15, -0.1) is 0 Å². The van der Waals surface area contributed by atoms with Crippen LogP contribution in [0.5, 0.6) is 5.88 Å². The second-order valence-corrected chi connectivity index (χ2v) is 7.34. The highest BCUT2D eigenvalue weighted by Crippen LogP contribution is 2.28. The number of benzene rings is 2. The number of nitrogens with one attached hydrogen (secondary N) is 2. The van der Waals surface area contributed by atoms with E-state index in [1.54, 1.807) is 12.1 Å². The second-order valence-electron chi connectivity index (χ2n) is 7.34. The van der Waals surface area contributed by atoms with Crippen molar-refractivity contribution < 1.29 is 14.7 Å². The lowest BCUT2D eigenvalue weighted by Gasteiger charge is -2.19. The average molecular weight is 405 g/mol. The second kappa shape index (κ2) is 8.28. The molecule has 0 aliphatic heterocycles. The summed E-state index contributed by atoms with van der Waals surface area (Å²) < 4.78 is 1.48. The number of urea groups is 1. The number of aromatic hydroxyl groups is 1. The molecule has 4 rings (SSSR count). The Hall–Kier alpha value is -3.81. The van der Waals surface area contributed by atoms with E-state index in [0.717, 1.165) is 30.5 Å². The van der Waals surface area contributed by atoms with Gasteiger partial charge in [0.1, 0.15) is 0 Å². The molecule has 0 saturated carbocycles. The first-order valence-electron chi connectivity index (χ1n) is 9.83. The molecule has 0 bridgehead atoms. The molecule has 0 fully saturated rings. The van der Waals surface area contributed by atoms with E-state index >= 15 is 0 Å². The highest BCUT2D eigenvalue weighted by atomic mass is 16.3. The van der Waals surface area contributed by atoms with Crippen LogP contribution in [0.1, 0.15) is 40.0 Å². The summed E-state index contributed by atoms with van der Waals surface area (Å²) in [5, 5.41) is 15.4. The molecule has 2 aromatic carbocycles. The molecule has 5 N–H and O–H groups in total. The van der Waals surface area contributed by atoms with Gasteiger partial charge in [-0.2, -0.15) is 0 Å². The van der Waals surface area contributed by atoms with Crippen molar-refractivity contribution in [2.45, 2.75) is 32.2 Å². The Morgan fingerprint density at radius 2 is 1.83 bits per heavy atom. The Morgan fingerprint density at radius 1 is 1.07 bits per heavy atom. The third-order valence-electron chi connectivity index (χ3n) is 5.26. The largest absolute Gasteiger partial charge is 0.492 e. The Bertz CT molecular complexity index is 1090. The summed E-state index contributed by atoms with van der Waals surface area (Å²) in [5.41, 5.74) is 10.1. The number of carbonyl (C=O) groups excluding carboxylic acids is 2. The highest BCUT2D eigenvalue weighted by Gasteiger charge is 2.16. The highest BCUT2D eigenvalue weighted by molar-refractivity contribution is 6.00. The standard InChI is InChI=1S/C22H23N5O3/c23-20(28)19-21(29)24-13-27(19)12-14-8-10-16(11-9-14)25-22(30)26-18-7-3-5-15-4-1-2-6-17(15)18/h3,5,7-11,13,29H,1-2,4,6,12H2,(H2,23,28)(H2,25,26,30). The number of amides is 3. The molecular formula is C22H23N5O3. The molecule has 1 aliphatic carbocycles. The van der Waals surface area contributed by atoms with Crippen LogP contribution >= 0.6 is 0 Å². The van der Waals surface area contributed by atoms with Crippen molar-refractivity contribution in [3.8, 4) is 5.88 Å². The fourth-order valence-electron chi connectivity index (χ4n) is 3.82. The number of hydrogen-bond acceptors (Lipinski definition) is 4. The summed E-state index contributed by atoms with van der Waals surface area (Å²) in [6.07, 6.45) is 5.73. The molecule has 3 aromatic rings. The summed E-state index contributed by atoms with van der Waals surface area (Å²) >= 11 is 0. The zero-order valence-corrected chi connectivity index (χ0v) is 16.4. The van der Waals surface area contributed by atoms with Crippen LogP contribution < -0.4 is 16.4 Å². The SMILES string of the molecule is NC(=O)c1c(O)ncn1Cc1ccc(NC(=O)Nc2cccc3c2CCCC3)cc1. The lowest BCUT2D eigenvalue weighted by molar-refractivity contribution is 0.0989. The van der Waals surface area contributed by atoms with E-state index < -0.39 is 5.91 Å². The van der Waals surface area contributed by atoms with Crippen LogP contribution in [-0.2, 0) is 19.4 Å². The molecule has 0 saturated heterocycles. The van der Waals surface area contributed by atoms with Gasteiger partial charge in [0.05, 0.1) is 6.33 Å². The number of hydrogen-bond donors (Lipinski definition) is 4. The summed E-state index contributed by atoms with van der Waals surface area (Å²) in [6, 6.07) is 12.9. The van der Waals surface area contributed by atoms with Crippen molar-refractivity contribution in [3.63, 3.8) is 0 Å². The number of fused-ring (bicyclic) bond motifs is 1. The zero-order chi connectivity index (χ0) is 21.1. The number of aromatic nitrogens is 2. The zero-order valence-electron chi connectivity index (χ0n) is 16.4. The minimum absolute atomic E-state index is 0.0391. The number of nitrogens with zero attached hydrogens (tertiary/aromatic N) is 2. The van der Waals surface area contributed by atoms with Gasteiger partial charge >= 0.3 is 6.03 Å². The van der Waals surface area contributed by atoms with Gasteiger partial charge in [0.2, 0.25) is 5.88 Å². The number of aryl methyl sites for hydroxylation is 1. The summed E-state index contributed by atoms with van der Waals surface area (Å²) in [4.78, 5) is 27.6. The van der Waals surface area contributed by atoms with Gasteiger partial charge in [0, 0.05) is 17.9 Å². The Morgan fingerprint density at radius 3 is 2.60 bits per heavy atom. The number of rotatable bonds is 5. The predicted octanol–water partition coefficient (Wildman–Crippen LogP) is 3.26. The molecule has 3 amide bonds. The normalized spacial score (nSPS) is 12.8. The van der Waals surface area contributed by atoms with Crippen LogP contribution in [0.15, 0.2) is 48.8 Å². The maximum atomic E-state index is 12.5. The van der Waals surface area contributed by atoms with Gasteiger partial charge in [-0.1, -0.05) is 24.3 Å². The van der Waals surface area contributed by atoms with Crippen molar-refractivity contribution in [1.29, 1.82) is 0 Å². The predicted molar refractivity (Wildman–Crippen MR) is 114 cm³/mol. The average Bonchev–Trinajstić information content (AvgIpc) is 3.10. The Balaban J connectivity index is 1.41. The van der Waals surface area contributed by atoms with Gasteiger partial charge in [-0.25, -0.2) is 9.78 Å². The van der Waals surface area contributed by atoms with Gasteiger partial charge < -0.3 is 26.0 Å². The van der Waals surface area contributed by atoms with Gasteiger partial charge in [0.25, 0.3) is 5.91 Å². The molecule has 0 unspecified atom stereocenters. The third-order valence-corrected chi connectivity index (χ3v) is 5.26. The lowest BCUT2D eigenvalue weighted by Crippen LogP contribution is -2.21. The number of nitrogens with two attached hydrogens (primary N) is 1. The molecule has 30 heavy (non-hydrogen) atoms. The number of imidazole rings is 1. The van der Waals surface area contributed by atoms with Crippen molar-refractivity contribution in [2.24, 2.45) is 5.73 Å². The molecular weight excluding hydrogens is 382 g/mol. The maximum Gasteiger partial charge on any atom is 0.323 e. The van der Waals surface area contributed by atoms with E-state index in [1.165, 1.54) is 28.4 Å². The van der Waals surface area contributed by atoms with Crippen LogP contribution in [0.25, 0.3) is 0 Å². The molecule has 1 aromatic heterocycles. The Kier molecular flexibility index (Phi) is 5.38. The van der Waals surface area contributed by atoms with E-state index in [1.807, 2.05) is 24.3 Å². The first kappa shape index (κ1) is 19.5. The maximum absolute atomic E-state index is 12.5. The third kappa shape index (κ3) is 4.12. The van der Waals surface area contributed by atoms with Crippen LogP contribution in [-0.4, -0.2) is 26.6 Å². The molecule has 0 atom stereocenters. The quantitative estimate of drug-likeness (QED) is 0.520. The topological polar surface area (TPSA) is 122 Å². The lowest BCUT2D eigenvalue weighted by atomic mass is 9.90. The molecule has 154 valence electrons. The van der Waals surface area contributed by atoms with E-state index in [4.69, 9.17) is 5.73 Å². The van der Waals surface area contributed by atoms with Crippen molar-refractivity contribution in [2.75, 3.05) is 10.6 Å². The van der Waals surface area contributed by atoms with E-state index in [0.29, 0.717) is 12.2 Å². The molecule has 8 nitrogen and oxygen atoms in total. The van der Waals surface area contributed by atoms with Crippen molar-refractivity contribution in [3.05, 3.63) is 71.2 Å². The first-order chi connectivity index (χ1) is 14.5. The molecule has 8 heteroatoms. The van der Waals surface area contributed by atoms with Crippen molar-refractivity contribution >= 4 is 23.3 Å². The molecule has 1 heterocycles. The molecule has 0 spiro atoms. The minimum Gasteiger partial charge on any atom is -0.492 e. The van der Waals surface area contributed by atoms with Gasteiger partial charge in [-0.3, -0.25) is 4.79 Å². The smallest absolute Gasteiger partial charge is 0.323 e. The molecule has 0 radical (unpaired) electrons. The van der Waals surface area contributed by atoms with Crippen LogP contribution in [0, 0.1) is 0 Å². The fourth-order valence-corrected chi connectivity index (χ4v) is 3.82. The van der Waals surface area contributed by atoms with E-state index in [-0.39, 0.29) is 17.6 Å². The van der Waals surface area contributed by atoms with E-state index in [9.17, 15) is 14.7 Å². The first-order valence-corrected chi connectivity index (χ1v) is 9.83. The number of carbonyl (C=O) groups is 2. The van der Waals surface area contributed by atoms with Crippen LogP contribution in [0.4, 0.5) is 16.2 Å². The van der Waals surface area contributed by atoms with Crippen LogP contribution in [0.3, 0.4) is 0 Å². The number of anilines is 2. The minimum atomic E-state index is -0.747. The molecule has 1 aliphatic rings. The van der Waals surface area contributed by atoms with Crippen LogP contribution in [0.2, 0.25) is 0 Å². The van der Waals surface area contributed by atoms with E-state index in [2.05, 4.69) is 21.7 Å². The Labute approximate surface area is 173 Å². The van der Waals surface area contributed by atoms with Gasteiger partial charge in [-0.05, 0) is 60.6 Å². The monoisotopic (exact) mass is 405 g/mol. The fraction of sp³-hybridized carbons (Fsp3) is 0.227. The van der Waals surface area contributed by atoms with Gasteiger partial charge in [0.15, 0.2) is 5.69 Å². The number of primary amides is 1.